The fourth-order valence-electron chi connectivity index (χ4n) is 1.74. The van der Waals surface area contributed by atoms with Gasteiger partial charge in [0.2, 0.25) is 0 Å². The van der Waals surface area contributed by atoms with Gasteiger partial charge in [-0.05, 0) is 12.5 Å². The van der Waals surface area contributed by atoms with Crippen molar-refractivity contribution in [1.29, 1.82) is 0 Å². The Morgan fingerprint density at radius 2 is 2.18 bits per heavy atom. The molecule has 0 aliphatic heterocycles. The number of hydrogen-bond donors (Lipinski definition) is 2. The number of carboxylic acids is 1. The number of aromatic nitrogens is 1. The molecule has 2 aromatic rings. The molecule has 0 aliphatic carbocycles. The minimum Gasteiger partial charge on any atom is -0.481 e. The molecule has 0 aliphatic rings. The molecule has 5 heteroatoms. The van der Waals surface area contributed by atoms with E-state index in [1.54, 1.807) is 19.1 Å². The Hall–Kier alpha value is -2.30. The van der Waals surface area contributed by atoms with Crippen molar-refractivity contribution in [3.8, 4) is 11.3 Å². The molecule has 1 aromatic heterocycles. The van der Waals surface area contributed by atoms with Crippen molar-refractivity contribution in [2.24, 2.45) is 0 Å². The van der Waals surface area contributed by atoms with Crippen LogP contribution in [0.25, 0.3) is 11.3 Å². The van der Waals surface area contributed by atoms with Gasteiger partial charge in [-0.1, -0.05) is 24.3 Å². The Labute approximate surface area is 97.9 Å². The maximum Gasteiger partial charge on any atom is 0.307 e. The maximum absolute atomic E-state index is 10.8. The van der Waals surface area contributed by atoms with Crippen LogP contribution in [0.2, 0.25) is 0 Å². The minimum atomic E-state index is -0.883. The van der Waals surface area contributed by atoms with Crippen molar-refractivity contribution < 1.29 is 14.3 Å². The summed E-state index contributed by atoms with van der Waals surface area (Å²) < 4.78 is 5.15. The lowest BCUT2D eigenvalue weighted by molar-refractivity contribution is -0.136. The number of oxazole rings is 1. The van der Waals surface area contributed by atoms with E-state index in [1.165, 1.54) is 0 Å². The second kappa shape index (κ2) is 4.29. The largest absolute Gasteiger partial charge is 0.481 e. The number of carboxylic acid groups (broad SMARTS) is 1. The predicted octanol–water partition coefficient (Wildman–Crippen LogP) is 1.86. The van der Waals surface area contributed by atoms with Gasteiger partial charge in [0, 0.05) is 5.56 Å². The van der Waals surface area contributed by atoms with Gasteiger partial charge in [-0.3, -0.25) is 4.79 Å². The maximum atomic E-state index is 10.8. The molecule has 0 atom stereocenters. The number of nitrogens with zero attached hydrogens (tertiary/aromatic N) is 1. The van der Waals surface area contributed by atoms with Crippen LogP contribution >= 0.6 is 0 Å². The number of nitrogens with two attached hydrogens (primary N) is 1. The quantitative estimate of drug-likeness (QED) is 0.843. The first-order valence-corrected chi connectivity index (χ1v) is 5.11. The van der Waals surface area contributed by atoms with E-state index in [2.05, 4.69) is 4.98 Å². The van der Waals surface area contributed by atoms with Gasteiger partial charge in [-0.15, -0.1) is 0 Å². The molecular formula is C12H12N2O3. The van der Waals surface area contributed by atoms with Crippen LogP contribution in [0.15, 0.2) is 28.7 Å². The van der Waals surface area contributed by atoms with Gasteiger partial charge in [0.25, 0.3) is 6.01 Å². The van der Waals surface area contributed by atoms with Crippen molar-refractivity contribution in [2.45, 2.75) is 13.3 Å². The van der Waals surface area contributed by atoms with Gasteiger partial charge in [0.15, 0.2) is 0 Å². The van der Waals surface area contributed by atoms with Crippen molar-refractivity contribution in [1.82, 2.24) is 4.98 Å². The Balaban J connectivity index is 2.51. The monoisotopic (exact) mass is 232 g/mol. The normalized spacial score (nSPS) is 10.4. The third-order valence-corrected chi connectivity index (χ3v) is 2.43. The second-order valence-corrected chi connectivity index (χ2v) is 3.68. The van der Waals surface area contributed by atoms with Crippen LogP contribution < -0.4 is 5.73 Å². The zero-order valence-corrected chi connectivity index (χ0v) is 9.30. The van der Waals surface area contributed by atoms with Crippen LogP contribution in [0.3, 0.4) is 0 Å². The summed E-state index contributed by atoms with van der Waals surface area (Å²) in [6, 6.07) is 7.27. The molecule has 0 bridgehead atoms. The highest BCUT2D eigenvalue weighted by molar-refractivity contribution is 5.76. The molecule has 0 amide bonds. The van der Waals surface area contributed by atoms with Gasteiger partial charge in [-0.2, -0.15) is 4.98 Å². The predicted molar refractivity (Wildman–Crippen MR) is 62.4 cm³/mol. The highest BCUT2D eigenvalue weighted by atomic mass is 16.4. The second-order valence-electron chi connectivity index (χ2n) is 3.68. The number of hydrogen-bond acceptors (Lipinski definition) is 4. The van der Waals surface area contributed by atoms with Crippen LogP contribution in [-0.4, -0.2) is 16.1 Å². The number of anilines is 1. The van der Waals surface area contributed by atoms with Gasteiger partial charge < -0.3 is 15.3 Å². The molecule has 1 heterocycles. The van der Waals surface area contributed by atoms with Gasteiger partial charge >= 0.3 is 5.97 Å². The number of aryl methyl sites for hydroxylation is 1. The average Bonchev–Trinajstić information content (AvgIpc) is 2.58. The van der Waals surface area contributed by atoms with Crippen LogP contribution in [-0.2, 0) is 11.2 Å². The molecule has 0 saturated carbocycles. The molecule has 0 saturated heterocycles. The standard InChI is InChI=1S/C12H12N2O3/c1-7-11(14-12(13)17-7)9-5-3-2-4-8(9)6-10(15)16/h2-5H,6H2,1H3,(H2,13,14)(H,15,16). The molecular weight excluding hydrogens is 220 g/mol. The first kappa shape index (κ1) is 11.2. The van der Waals surface area contributed by atoms with Crippen molar-refractivity contribution in [3.05, 3.63) is 35.6 Å². The number of carbonyl (C=O) groups is 1. The lowest BCUT2D eigenvalue weighted by atomic mass is 10.0. The molecule has 1 aromatic carbocycles. The van der Waals surface area contributed by atoms with Gasteiger partial charge in [0.1, 0.15) is 11.5 Å². The van der Waals surface area contributed by atoms with E-state index >= 15 is 0 Å². The SMILES string of the molecule is Cc1oc(N)nc1-c1ccccc1CC(=O)O. The van der Waals surface area contributed by atoms with Crippen LogP contribution in [0.5, 0.6) is 0 Å². The smallest absolute Gasteiger partial charge is 0.307 e. The van der Waals surface area contributed by atoms with Gasteiger partial charge in [0.05, 0.1) is 6.42 Å². The lowest BCUT2D eigenvalue weighted by Gasteiger charge is -2.04. The van der Waals surface area contributed by atoms with E-state index in [4.69, 9.17) is 15.3 Å². The first-order chi connectivity index (χ1) is 8.08. The fraction of sp³-hybridized carbons (Fsp3) is 0.167. The van der Waals surface area contributed by atoms with E-state index in [9.17, 15) is 4.79 Å². The number of benzene rings is 1. The Bertz CT molecular complexity index is 561. The fourth-order valence-corrected chi connectivity index (χ4v) is 1.74. The first-order valence-electron chi connectivity index (χ1n) is 5.11. The summed E-state index contributed by atoms with van der Waals surface area (Å²) >= 11 is 0. The number of rotatable bonds is 3. The topological polar surface area (TPSA) is 89.4 Å². The zero-order valence-electron chi connectivity index (χ0n) is 9.30. The summed E-state index contributed by atoms with van der Waals surface area (Å²) in [5.74, 6) is -0.299. The minimum absolute atomic E-state index is 0.0532. The summed E-state index contributed by atoms with van der Waals surface area (Å²) in [5, 5.41) is 8.84. The molecule has 2 rings (SSSR count). The van der Waals surface area contributed by atoms with E-state index in [-0.39, 0.29) is 12.4 Å². The van der Waals surface area contributed by atoms with Crippen LogP contribution in [0, 0.1) is 6.92 Å². The molecule has 5 nitrogen and oxygen atoms in total. The van der Waals surface area contributed by atoms with Crippen LogP contribution in [0.1, 0.15) is 11.3 Å². The third-order valence-electron chi connectivity index (χ3n) is 2.43. The van der Waals surface area contributed by atoms with Crippen molar-refractivity contribution >= 4 is 12.0 Å². The summed E-state index contributed by atoms with van der Waals surface area (Å²) in [7, 11) is 0. The molecule has 0 spiro atoms. The molecule has 0 radical (unpaired) electrons. The van der Waals surface area contributed by atoms with E-state index in [0.717, 1.165) is 5.56 Å². The molecule has 88 valence electrons. The Kier molecular flexibility index (Phi) is 2.82. The molecule has 0 fully saturated rings. The lowest BCUT2D eigenvalue weighted by Crippen LogP contribution is -2.02. The molecule has 17 heavy (non-hydrogen) atoms. The summed E-state index contributed by atoms with van der Waals surface area (Å²) in [4.78, 5) is 14.8. The Morgan fingerprint density at radius 1 is 1.47 bits per heavy atom. The van der Waals surface area contributed by atoms with E-state index in [0.29, 0.717) is 17.0 Å². The summed E-state index contributed by atoms with van der Waals surface area (Å²) in [6.45, 7) is 1.75. The number of aliphatic carboxylic acids is 1. The van der Waals surface area contributed by atoms with Gasteiger partial charge in [-0.25, -0.2) is 0 Å². The average molecular weight is 232 g/mol. The Morgan fingerprint density at radius 3 is 2.76 bits per heavy atom. The molecule has 0 unspecified atom stereocenters. The third kappa shape index (κ3) is 2.28. The van der Waals surface area contributed by atoms with E-state index in [1.807, 2.05) is 12.1 Å². The highest BCUT2D eigenvalue weighted by Crippen LogP contribution is 2.27. The van der Waals surface area contributed by atoms with Crippen molar-refractivity contribution in [2.75, 3.05) is 5.73 Å². The summed E-state index contributed by atoms with van der Waals surface area (Å²) in [6.07, 6.45) is -0.0532. The zero-order chi connectivity index (χ0) is 12.4. The van der Waals surface area contributed by atoms with E-state index < -0.39 is 5.97 Å². The van der Waals surface area contributed by atoms with Crippen LogP contribution in [0.4, 0.5) is 6.01 Å². The molecule has 3 N–H and O–H groups in total. The highest BCUT2D eigenvalue weighted by Gasteiger charge is 2.14. The summed E-state index contributed by atoms with van der Waals surface area (Å²) in [5.41, 5.74) is 7.51. The van der Waals surface area contributed by atoms with Crippen molar-refractivity contribution in [3.63, 3.8) is 0 Å². The number of nitrogen functional groups attached to an aromatic ring is 1.